The molecular weight excluding hydrogens is 384 g/mol. The molecule has 0 saturated carbocycles. The Bertz CT molecular complexity index is 1070. The van der Waals surface area contributed by atoms with Gasteiger partial charge in [-0.3, -0.25) is 14.4 Å². The minimum absolute atomic E-state index is 0.191. The number of para-hydroxylation sites is 2. The molecule has 1 saturated heterocycles. The second-order valence-corrected chi connectivity index (χ2v) is 8.01. The van der Waals surface area contributed by atoms with Crippen molar-refractivity contribution < 1.29 is 23.9 Å². The van der Waals surface area contributed by atoms with Gasteiger partial charge in [0, 0.05) is 11.5 Å². The molecule has 1 fully saturated rings. The predicted octanol–water partition coefficient (Wildman–Crippen LogP) is 2.78. The van der Waals surface area contributed by atoms with E-state index in [0.717, 1.165) is 5.56 Å². The number of carbonyl (C=O) groups is 3. The number of hydrogen-bond acceptors (Lipinski definition) is 5. The molecule has 30 heavy (non-hydrogen) atoms. The van der Waals surface area contributed by atoms with E-state index < -0.39 is 35.3 Å². The molecular formula is C23H22N2O5. The number of amides is 2. The summed E-state index contributed by atoms with van der Waals surface area (Å²) >= 11 is 0. The number of esters is 1. The Morgan fingerprint density at radius 3 is 2.73 bits per heavy atom. The van der Waals surface area contributed by atoms with Crippen LogP contribution in [0, 0.1) is 11.8 Å². The van der Waals surface area contributed by atoms with E-state index in [-0.39, 0.29) is 19.1 Å². The van der Waals surface area contributed by atoms with Crippen molar-refractivity contribution in [2.24, 2.45) is 11.8 Å². The average molecular weight is 406 g/mol. The Labute approximate surface area is 174 Å². The van der Waals surface area contributed by atoms with E-state index >= 15 is 0 Å². The van der Waals surface area contributed by atoms with E-state index in [1.54, 1.807) is 43.0 Å². The van der Waals surface area contributed by atoms with Gasteiger partial charge in [-0.2, -0.15) is 0 Å². The molecule has 2 aromatic carbocycles. The highest BCUT2D eigenvalue weighted by atomic mass is 16.5. The van der Waals surface area contributed by atoms with Gasteiger partial charge < -0.3 is 19.7 Å². The van der Waals surface area contributed by atoms with E-state index in [2.05, 4.69) is 5.32 Å². The number of benzene rings is 2. The second kappa shape index (κ2) is 6.58. The molecule has 2 amide bonds. The minimum atomic E-state index is -1.42. The molecule has 0 bridgehead atoms. The van der Waals surface area contributed by atoms with E-state index in [9.17, 15) is 14.4 Å². The Kier molecular flexibility index (Phi) is 4.10. The first-order chi connectivity index (χ1) is 14.5. The maximum atomic E-state index is 13.8. The van der Waals surface area contributed by atoms with Crippen LogP contribution in [0.25, 0.3) is 0 Å². The first-order valence-corrected chi connectivity index (χ1v) is 10.1. The first kappa shape index (κ1) is 18.7. The molecule has 1 N–H and O–H groups in total. The fourth-order valence-corrected chi connectivity index (χ4v) is 5.21. The Morgan fingerprint density at radius 2 is 1.93 bits per heavy atom. The summed E-state index contributed by atoms with van der Waals surface area (Å²) in [6, 6.07) is 13.9. The van der Waals surface area contributed by atoms with Gasteiger partial charge in [-0.1, -0.05) is 30.3 Å². The maximum Gasteiger partial charge on any atom is 0.312 e. The van der Waals surface area contributed by atoms with Crippen LogP contribution in [-0.4, -0.2) is 41.4 Å². The molecule has 7 heteroatoms. The number of hydrogen-bond donors (Lipinski definition) is 1. The monoisotopic (exact) mass is 406 g/mol. The fourth-order valence-electron chi connectivity index (χ4n) is 5.21. The molecule has 3 unspecified atom stereocenters. The van der Waals surface area contributed by atoms with Crippen LogP contribution in [0.3, 0.4) is 0 Å². The van der Waals surface area contributed by atoms with Crippen molar-refractivity contribution in [3.05, 3.63) is 59.7 Å². The number of fused-ring (bicyclic) bond motifs is 6. The molecule has 0 radical (unpaired) electrons. The summed E-state index contributed by atoms with van der Waals surface area (Å²) < 4.78 is 11.3. The molecule has 4 atom stereocenters. The number of ether oxygens (including phenoxy) is 2. The highest BCUT2D eigenvalue weighted by Crippen LogP contribution is 2.56. The summed E-state index contributed by atoms with van der Waals surface area (Å²) in [6.45, 7) is 3.80. The molecule has 3 aliphatic heterocycles. The Hall–Kier alpha value is -3.35. The lowest BCUT2D eigenvalue weighted by atomic mass is 9.77. The van der Waals surface area contributed by atoms with Crippen molar-refractivity contribution in [2.45, 2.75) is 25.4 Å². The summed E-state index contributed by atoms with van der Waals surface area (Å²) in [4.78, 5) is 42.0. The van der Waals surface area contributed by atoms with Gasteiger partial charge >= 0.3 is 5.97 Å². The van der Waals surface area contributed by atoms with Gasteiger partial charge in [0.25, 0.3) is 11.8 Å². The molecule has 0 aliphatic carbocycles. The van der Waals surface area contributed by atoms with Crippen molar-refractivity contribution in [3.63, 3.8) is 0 Å². The number of nitrogens with one attached hydrogen (secondary N) is 1. The van der Waals surface area contributed by atoms with Crippen molar-refractivity contribution in [3.8, 4) is 5.75 Å². The van der Waals surface area contributed by atoms with Gasteiger partial charge in [0.2, 0.25) is 0 Å². The van der Waals surface area contributed by atoms with E-state index in [4.69, 9.17) is 9.47 Å². The van der Waals surface area contributed by atoms with Crippen LogP contribution in [0.5, 0.6) is 5.75 Å². The van der Waals surface area contributed by atoms with Gasteiger partial charge in [-0.05, 0) is 32.0 Å². The zero-order chi connectivity index (χ0) is 21.0. The maximum absolute atomic E-state index is 13.8. The third-order valence-corrected chi connectivity index (χ3v) is 6.51. The fraction of sp³-hybridized carbons (Fsp3) is 0.348. The molecule has 154 valence electrons. The van der Waals surface area contributed by atoms with Crippen molar-refractivity contribution in [1.82, 2.24) is 4.90 Å². The van der Waals surface area contributed by atoms with Gasteiger partial charge in [0.15, 0.2) is 0 Å². The summed E-state index contributed by atoms with van der Waals surface area (Å²) in [5.74, 6) is -1.76. The zero-order valence-corrected chi connectivity index (χ0v) is 16.8. The largest absolute Gasteiger partial charge is 0.493 e. The first-order valence-electron chi connectivity index (χ1n) is 10.1. The summed E-state index contributed by atoms with van der Waals surface area (Å²) in [5, 5.41) is 2.88. The minimum Gasteiger partial charge on any atom is -0.493 e. The van der Waals surface area contributed by atoms with Crippen molar-refractivity contribution in [1.29, 1.82) is 0 Å². The second-order valence-electron chi connectivity index (χ2n) is 8.01. The van der Waals surface area contributed by atoms with Crippen LogP contribution in [0.4, 0.5) is 5.69 Å². The lowest BCUT2D eigenvalue weighted by Crippen LogP contribution is -2.57. The van der Waals surface area contributed by atoms with Crippen molar-refractivity contribution >= 4 is 23.5 Å². The van der Waals surface area contributed by atoms with Crippen LogP contribution in [0.1, 0.15) is 35.8 Å². The quantitative estimate of drug-likeness (QED) is 0.776. The predicted molar refractivity (Wildman–Crippen MR) is 108 cm³/mol. The standard InChI is InChI=1S/C23H22N2O5/c1-3-29-21(27)18-15-12-30-17-11-7-5-9-14(17)19(15)25-20(26)13-8-4-6-10-16(13)24-22(28)23(18,25)2/h4-11,15,18-19H,3,12H2,1-2H3,(H,24,28)/t15?,18?,19?,23-/m1/s1. The van der Waals surface area contributed by atoms with Crippen LogP contribution in [-0.2, 0) is 14.3 Å². The SMILES string of the molecule is CCOC(=O)C1C2COc3ccccc3C2N2C(=O)c3ccccc3NC(=O)[C@@]12C. The van der Waals surface area contributed by atoms with Gasteiger partial charge in [-0.25, -0.2) is 0 Å². The summed E-state index contributed by atoms with van der Waals surface area (Å²) in [7, 11) is 0. The summed E-state index contributed by atoms with van der Waals surface area (Å²) in [5.41, 5.74) is 0.232. The molecule has 3 aliphatic rings. The summed E-state index contributed by atoms with van der Waals surface area (Å²) in [6.07, 6.45) is 0. The van der Waals surface area contributed by atoms with Crippen LogP contribution < -0.4 is 10.1 Å². The molecule has 3 heterocycles. The number of nitrogens with zero attached hydrogens (tertiary/aromatic N) is 1. The molecule has 2 aromatic rings. The number of carbonyl (C=O) groups excluding carboxylic acids is 3. The smallest absolute Gasteiger partial charge is 0.312 e. The van der Waals surface area contributed by atoms with E-state index in [1.165, 1.54) is 0 Å². The number of rotatable bonds is 2. The zero-order valence-electron chi connectivity index (χ0n) is 16.8. The van der Waals surface area contributed by atoms with E-state index in [0.29, 0.717) is 17.0 Å². The Morgan fingerprint density at radius 1 is 1.20 bits per heavy atom. The number of anilines is 1. The van der Waals surface area contributed by atoms with Gasteiger partial charge in [0.1, 0.15) is 11.3 Å². The Balaban J connectivity index is 1.75. The third kappa shape index (κ3) is 2.35. The molecule has 5 rings (SSSR count). The molecule has 7 nitrogen and oxygen atoms in total. The van der Waals surface area contributed by atoms with Gasteiger partial charge in [-0.15, -0.1) is 0 Å². The van der Waals surface area contributed by atoms with Gasteiger partial charge in [0.05, 0.1) is 36.4 Å². The molecule has 0 spiro atoms. The highest BCUT2D eigenvalue weighted by Gasteiger charge is 2.67. The average Bonchev–Trinajstić information content (AvgIpc) is 2.99. The highest BCUT2D eigenvalue weighted by molar-refractivity contribution is 6.13. The van der Waals surface area contributed by atoms with Crippen LogP contribution in [0.15, 0.2) is 48.5 Å². The lowest BCUT2D eigenvalue weighted by molar-refractivity contribution is -0.155. The lowest BCUT2D eigenvalue weighted by Gasteiger charge is -2.38. The molecule has 0 aromatic heterocycles. The normalized spacial score (nSPS) is 28.9. The van der Waals surface area contributed by atoms with E-state index in [1.807, 2.05) is 24.3 Å². The van der Waals surface area contributed by atoms with Crippen LogP contribution in [0.2, 0.25) is 0 Å². The van der Waals surface area contributed by atoms with Crippen LogP contribution >= 0.6 is 0 Å². The third-order valence-electron chi connectivity index (χ3n) is 6.51. The topological polar surface area (TPSA) is 84.9 Å². The van der Waals surface area contributed by atoms with Crippen molar-refractivity contribution in [2.75, 3.05) is 18.5 Å².